The summed E-state index contributed by atoms with van der Waals surface area (Å²) in [5.74, 6) is 0.659. The van der Waals surface area contributed by atoms with Gasteiger partial charge in [-0.3, -0.25) is 9.20 Å². The maximum absolute atomic E-state index is 12.2. The van der Waals surface area contributed by atoms with E-state index in [0.717, 1.165) is 10.7 Å². The van der Waals surface area contributed by atoms with Crippen LogP contribution in [0, 0.1) is 0 Å². The molecule has 5 nitrogen and oxygen atoms in total. The van der Waals surface area contributed by atoms with Gasteiger partial charge in [0.15, 0.2) is 5.16 Å². The Kier molecular flexibility index (Phi) is 3.38. The number of aromatic amines is 1. The number of aromatic nitrogens is 4. The highest BCUT2D eigenvalue weighted by Gasteiger charge is 2.15. The number of hydrogen-bond acceptors (Lipinski definition) is 4. The molecule has 4 aromatic rings. The van der Waals surface area contributed by atoms with Crippen LogP contribution in [0.3, 0.4) is 0 Å². The minimum atomic E-state index is -0.106. The van der Waals surface area contributed by atoms with Crippen LogP contribution in [-0.4, -0.2) is 19.4 Å². The van der Waals surface area contributed by atoms with Crippen LogP contribution in [0.1, 0.15) is 18.0 Å². The Bertz CT molecular complexity index is 1050. The zero-order chi connectivity index (χ0) is 15.8. The number of imidazole rings is 1. The van der Waals surface area contributed by atoms with Gasteiger partial charge in [-0.2, -0.15) is 0 Å². The molecule has 6 heteroatoms. The topological polar surface area (TPSA) is 63.1 Å². The minimum Gasteiger partial charge on any atom is -0.309 e. The van der Waals surface area contributed by atoms with Crippen LogP contribution < -0.4 is 5.56 Å². The SMILES string of the molecule is CC(Sc1ncc2ccccn12)c1nc2ccccc2c(=O)[nH]1. The molecular weight excluding hydrogens is 308 g/mol. The van der Waals surface area contributed by atoms with Crippen molar-refractivity contribution in [2.45, 2.75) is 17.3 Å². The van der Waals surface area contributed by atoms with Crippen molar-refractivity contribution in [2.24, 2.45) is 0 Å². The van der Waals surface area contributed by atoms with Gasteiger partial charge in [0.2, 0.25) is 0 Å². The van der Waals surface area contributed by atoms with Crippen LogP contribution in [0.25, 0.3) is 16.4 Å². The van der Waals surface area contributed by atoms with Gasteiger partial charge in [0.1, 0.15) is 5.82 Å². The van der Waals surface area contributed by atoms with Crippen molar-refractivity contribution in [3.8, 4) is 0 Å². The second-order valence-corrected chi connectivity index (χ2v) is 6.57. The molecular formula is C17H14N4OS. The van der Waals surface area contributed by atoms with Gasteiger partial charge in [-0.1, -0.05) is 30.0 Å². The van der Waals surface area contributed by atoms with Crippen LogP contribution in [0.15, 0.2) is 64.8 Å². The van der Waals surface area contributed by atoms with Crippen molar-refractivity contribution in [1.82, 2.24) is 19.4 Å². The fraction of sp³-hybridized carbons (Fsp3) is 0.118. The molecule has 114 valence electrons. The lowest BCUT2D eigenvalue weighted by Crippen LogP contribution is -2.12. The van der Waals surface area contributed by atoms with E-state index in [0.29, 0.717) is 16.7 Å². The fourth-order valence-electron chi connectivity index (χ4n) is 2.52. The predicted molar refractivity (Wildman–Crippen MR) is 91.8 cm³/mol. The van der Waals surface area contributed by atoms with E-state index in [-0.39, 0.29) is 10.8 Å². The summed E-state index contributed by atoms with van der Waals surface area (Å²) >= 11 is 1.57. The third kappa shape index (κ3) is 2.51. The number of hydrogen-bond donors (Lipinski definition) is 1. The summed E-state index contributed by atoms with van der Waals surface area (Å²) < 4.78 is 2.03. The van der Waals surface area contributed by atoms with E-state index in [1.165, 1.54) is 0 Å². The summed E-state index contributed by atoms with van der Waals surface area (Å²) in [5, 5.41) is 1.47. The highest BCUT2D eigenvalue weighted by Crippen LogP contribution is 2.32. The van der Waals surface area contributed by atoms with Crippen molar-refractivity contribution in [3.63, 3.8) is 0 Å². The second kappa shape index (κ2) is 5.55. The first-order valence-corrected chi connectivity index (χ1v) is 8.18. The van der Waals surface area contributed by atoms with E-state index in [1.54, 1.807) is 17.8 Å². The van der Waals surface area contributed by atoms with E-state index >= 15 is 0 Å². The van der Waals surface area contributed by atoms with Gasteiger partial charge in [0.25, 0.3) is 5.56 Å². The van der Waals surface area contributed by atoms with Gasteiger partial charge in [0, 0.05) is 6.20 Å². The molecule has 4 rings (SSSR count). The number of nitrogens with one attached hydrogen (secondary N) is 1. The molecule has 1 aromatic carbocycles. The Labute approximate surface area is 136 Å². The average Bonchev–Trinajstić information content (AvgIpc) is 2.98. The highest BCUT2D eigenvalue weighted by molar-refractivity contribution is 7.99. The average molecular weight is 322 g/mol. The Hall–Kier alpha value is -2.60. The van der Waals surface area contributed by atoms with Gasteiger partial charge in [-0.15, -0.1) is 0 Å². The van der Waals surface area contributed by atoms with Gasteiger partial charge in [-0.25, -0.2) is 9.97 Å². The largest absolute Gasteiger partial charge is 0.309 e. The molecule has 0 fully saturated rings. The number of H-pyrrole nitrogens is 1. The normalized spacial score (nSPS) is 12.7. The minimum absolute atomic E-state index is 0.0156. The number of fused-ring (bicyclic) bond motifs is 2. The molecule has 1 atom stereocenters. The smallest absolute Gasteiger partial charge is 0.258 e. The van der Waals surface area contributed by atoms with Gasteiger partial charge >= 0.3 is 0 Å². The number of nitrogens with zero attached hydrogens (tertiary/aromatic N) is 3. The lowest BCUT2D eigenvalue weighted by Gasteiger charge is -2.10. The summed E-state index contributed by atoms with van der Waals surface area (Å²) in [5.41, 5.74) is 1.65. The Morgan fingerprint density at radius 1 is 1.17 bits per heavy atom. The lowest BCUT2D eigenvalue weighted by atomic mass is 10.2. The third-order valence-corrected chi connectivity index (χ3v) is 4.79. The first-order chi connectivity index (χ1) is 11.2. The number of para-hydroxylation sites is 1. The molecule has 0 aliphatic heterocycles. The molecule has 0 radical (unpaired) electrons. The predicted octanol–water partition coefficient (Wildman–Crippen LogP) is 3.42. The first kappa shape index (κ1) is 14.0. The zero-order valence-corrected chi connectivity index (χ0v) is 13.2. The monoisotopic (exact) mass is 322 g/mol. The summed E-state index contributed by atoms with van der Waals surface area (Å²) in [7, 11) is 0. The fourth-order valence-corrected chi connectivity index (χ4v) is 3.45. The van der Waals surface area contributed by atoms with Gasteiger partial charge in [0.05, 0.1) is 27.9 Å². The standard InChI is InChI=1S/C17H14N4OS/c1-11(23-17-18-10-12-6-4-5-9-21(12)17)15-19-14-8-3-2-7-13(14)16(22)20-15/h2-11H,1H3,(H,19,20,22). The Balaban J connectivity index is 1.72. The zero-order valence-electron chi connectivity index (χ0n) is 12.4. The molecule has 23 heavy (non-hydrogen) atoms. The molecule has 0 aliphatic rings. The van der Waals surface area contributed by atoms with Gasteiger partial charge < -0.3 is 4.98 Å². The van der Waals surface area contributed by atoms with Crippen molar-refractivity contribution >= 4 is 28.2 Å². The van der Waals surface area contributed by atoms with Crippen LogP contribution in [0.4, 0.5) is 0 Å². The first-order valence-electron chi connectivity index (χ1n) is 7.30. The Morgan fingerprint density at radius 3 is 2.91 bits per heavy atom. The number of pyridine rings is 1. The van der Waals surface area contributed by atoms with Crippen LogP contribution in [0.5, 0.6) is 0 Å². The number of thioether (sulfide) groups is 1. The molecule has 0 saturated carbocycles. The number of benzene rings is 1. The van der Waals surface area contributed by atoms with E-state index in [9.17, 15) is 4.79 Å². The van der Waals surface area contributed by atoms with E-state index in [4.69, 9.17) is 0 Å². The lowest BCUT2D eigenvalue weighted by molar-refractivity contribution is 0.897. The maximum Gasteiger partial charge on any atom is 0.258 e. The second-order valence-electron chi connectivity index (χ2n) is 5.26. The molecule has 1 unspecified atom stereocenters. The maximum atomic E-state index is 12.2. The van der Waals surface area contributed by atoms with E-state index < -0.39 is 0 Å². The quantitative estimate of drug-likeness (QED) is 0.587. The van der Waals surface area contributed by atoms with Crippen LogP contribution >= 0.6 is 11.8 Å². The molecule has 0 spiro atoms. The van der Waals surface area contributed by atoms with Crippen LogP contribution in [0.2, 0.25) is 0 Å². The van der Waals surface area contributed by atoms with Crippen molar-refractivity contribution in [2.75, 3.05) is 0 Å². The Morgan fingerprint density at radius 2 is 2.00 bits per heavy atom. The van der Waals surface area contributed by atoms with Crippen LogP contribution in [-0.2, 0) is 0 Å². The summed E-state index contributed by atoms with van der Waals surface area (Å²) in [6.45, 7) is 2.02. The molecule has 3 heterocycles. The van der Waals surface area contributed by atoms with Crippen molar-refractivity contribution in [1.29, 1.82) is 0 Å². The summed E-state index contributed by atoms with van der Waals surface area (Å²) in [6.07, 6.45) is 3.82. The number of rotatable bonds is 3. The third-order valence-electron chi connectivity index (χ3n) is 3.70. The van der Waals surface area contributed by atoms with E-state index in [2.05, 4.69) is 15.0 Å². The molecule has 0 saturated heterocycles. The van der Waals surface area contributed by atoms with Crippen molar-refractivity contribution in [3.05, 3.63) is 71.0 Å². The summed E-state index contributed by atoms with van der Waals surface area (Å²) in [4.78, 5) is 24.1. The molecule has 0 aliphatic carbocycles. The molecule has 0 amide bonds. The molecule has 0 bridgehead atoms. The summed E-state index contributed by atoms with van der Waals surface area (Å²) in [6, 6.07) is 13.3. The van der Waals surface area contributed by atoms with Gasteiger partial charge in [-0.05, 0) is 31.2 Å². The van der Waals surface area contributed by atoms with E-state index in [1.807, 2.05) is 60.1 Å². The molecule has 1 N–H and O–H groups in total. The highest BCUT2D eigenvalue weighted by atomic mass is 32.2. The van der Waals surface area contributed by atoms with Crippen molar-refractivity contribution < 1.29 is 0 Å². The molecule has 3 aromatic heterocycles.